The molecule has 9 heteroatoms. The molecule has 0 aliphatic heterocycles. The van der Waals surface area contributed by atoms with Gasteiger partial charge < -0.3 is 24.8 Å². The van der Waals surface area contributed by atoms with Gasteiger partial charge in [0.05, 0.1) is 30.9 Å². The molecule has 0 fully saturated rings. The van der Waals surface area contributed by atoms with E-state index < -0.39 is 41.3 Å². The molecule has 0 aromatic heterocycles. The number of nitrogens with zero attached hydrogens (tertiary/aromatic N) is 1. The topological polar surface area (TPSA) is 122 Å². The first-order chi connectivity index (χ1) is 21.0. The molecule has 0 saturated carbocycles. The van der Waals surface area contributed by atoms with E-state index in [1.807, 2.05) is 36.4 Å². The Morgan fingerprint density at radius 1 is 0.909 bits per heavy atom. The van der Waals surface area contributed by atoms with Crippen molar-refractivity contribution in [2.45, 2.75) is 64.6 Å². The van der Waals surface area contributed by atoms with E-state index in [2.05, 4.69) is 18.5 Å². The van der Waals surface area contributed by atoms with Gasteiger partial charge in [0.25, 0.3) is 0 Å². The van der Waals surface area contributed by atoms with Crippen molar-refractivity contribution in [1.29, 1.82) is 0 Å². The summed E-state index contributed by atoms with van der Waals surface area (Å²) in [5, 5.41) is 12.5. The van der Waals surface area contributed by atoms with Gasteiger partial charge in [0, 0.05) is 19.5 Å². The molecule has 2 amide bonds. The fourth-order valence-electron chi connectivity index (χ4n) is 4.57. The fraction of sp³-hybridized carbons (Fsp3) is 0.429. The monoisotopic (exact) mass is 606 g/mol. The van der Waals surface area contributed by atoms with Gasteiger partial charge in [0.15, 0.2) is 0 Å². The lowest BCUT2D eigenvalue weighted by molar-refractivity contribution is -0.161. The summed E-state index contributed by atoms with van der Waals surface area (Å²) < 4.78 is 11.0. The van der Waals surface area contributed by atoms with Gasteiger partial charge in [-0.05, 0) is 44.7 Å². The van der Waals surface area contributed by atoms with Crippen molar-refractivity contribution < 1.29 is 33.8 Å². The first kappa shape index (κ1) is 36.0. The largest absolute Gasteiger partial charge is 0.463 e. The van der Waals surface area contributed by atoms with Gasteiger partial charge in [-0.1, -0.05) is 72.8 Å². The summed E-state index contributed by atoms with van der Waals surface area (Å²) >= 11 is 0. The normalized spacial score (nSPS) is 13.1. The molecule has 2 aromatic rings. The maximum atomic E-state index is 13.6. The van der Waals surface area contributed by atoms with Gasteiger partial charge in [-0.25, -0.2) is 0 Å². The van der Waals surface area contributed by atoms with E-state index in [1.54, 1.807) is 57.2 Å². The maximum Gasteiger partial charge on any atom is 0.309 e. The molecule has 0 aliphatic carbocycles. The molecule has 0 radical (unpaired) electrons. The third-order valence-electron chi connectivity index (χ3n) is 6.71. The van der Waals surface area contributed by atoms with Crippen molar-refractivity contribution in [2.75, 3.05) is 19.8 Å². The standard InChI is InChI=1S/C35H46N2O7/c1-6-14-28(22-31(39)37(20-21-38)24-26-16-10-8-11-17-26)33(41)36-30(27-18-12-9-13-19-27)25-43-34(42)29(15-7-2)23-32(40)44-35(3,4)5/h6-13,16-19,28-30,38H,1-2,14-15,20-25H2,3-5H3,(H,36,41)/t28-,29+,30-/m1/s1. The second-order valence-electron chi connectivity index (χ2n) is 11.6. The Balaban J connectivity index is 2.16. The third-order valence-corrected chi connectivity index (χ3v) is 6.71. The molecule has 0 unspecified atom stereocenters. The number of carbonyl (C=O) groups is 4. The van der Waals surface area contributed by atoms with Crippen LogP contribution in [-0.2, 0) is 35.2 Å². The minimum absolute atomic E-state index is 0.0940. The van der Waals surface area contributed by atoms with Crippen LogP contribution in [0.4, 0.5) is 0 Å². The Hall–Kier alpha value is -4.24. The van der Waals surface area contributed by atoms with Gasteiger partial charge in [-0.2, -0.15) is 0 Å². The number of aliphatic hydroxyl groups excluding tert-OH is 1. The van der Waals surface area contributed by atoms with E-state index in [4.69, 9.17) is 9.47 Å². The predicted molar refractivity (Wildman–Crippen MR) is 169 cm³/mol. The van der Waals surface area contributed by atoms with Crippen LogP contribution in [0.25, 0.3) is 0 Å². The number of allylic oxidation sites excluding steroid dienone is 2. The van der Waals surface area contributed by atoms with Crippen molar-refractivity contribution in [1.82, 2.24) is 10.2 Å². The molecular formula is C35H46N2O7. The van der Waals surface area contributed by atoms with E-state index in [1.165, 1.54) is 4.90 Å². The summed E-state index contributed by atoms with van der Waals surface area (Å²) in [5.41, 5.74) is 0.921. The smallest absolute Gasteiger partial charge is 0.309 e. The molecule has 0 heterocycles. The zero-order valence-electron chi connectivity index (χ0n) is 26.1. The molecule has 44 heavy (non-hydrogen) atoms. The van der Waals surface area contributed by atoms with Gasteiger partial charge in [0.1, 0.15) is 12.2 Å². The van der Waals surface area contributed by atoms with Gasteiger partial charge >= 0.3 is 11.9 Å². The van der Waals surface area contributed by atoms with E-state index in [-0.39, 0.29) is 51.3 Å². The van der Waals surface area contributed by atoms with Crippen LogP contribution in [0.15, 0.2) is 86.0 Å². The van der Waals surface area contributed by atoms with Gasteiger partial charge in [0.2, 0.25) is 11.8 Å². The van der Waals surface area contributed by atoms with Crippen LogP contribution >= 0.6 is 0 Å². The van der Waals surface area contributed by atoms with Crippen LogP contribution in [0.1, 0.15) is 63.6 Å². The second kappa shape index (κ2) is 18.4. The Morgan fingerprint density at radius 3 is 2.07 bits per heavy atom. The molecular weight excluding hydrogens is 560 g/mol. The lowest BCUT2D eigenvalue weighted by atomic mass is 9.97. The minimum atomic E-state index is -0.789. The van der Waals surface area contributed by atoms with Gasteiger partial charge in [-0.3, -0.25) is 19.2 Å². The number of hydrogen-bond donors (Lipinski definition) is 2. The summed E-state index contributed by atoms with van der Waals surface area (Å²) in [6.45, 7) is 12.7. The average molecular weight is 607 g/mol. The maximum absolute atomic E-state index is 13.6. The number of esters is 2. The summed E-state index contributed by atoms with van der Waals surface area (Å²) in [6.07, 6.45) is 3.33. The minimum Gasteiger partial charge on any atom is -0.463 e. The predicted octanol–water partition coefficient (Wildman–Crippen LogP) is 4.91. The number of carbonyl (C=O) groups excluding carboxylic acids is 4. The number of amides is 2. The highest BCUT2D eigenvalue weighted by molar-refractivity contribution is 5.86. The number of rotatable bonds is 18. The van der Waals surface area contributed by atoms with E-state index in [9.17, 15) is 24.3 Å². The Morgan fingerprint density at radius 2 is 1.50 bits per heavy atom. The van der Waals surface area contributed by atoms with E-state index >= 15 is 0 Å². The van der Waals surface area contributed by atoms with Crippen molar-refractivity contribution in [3.8, 4) is 0 Å². The molecule has 0 spiro atoms. The Bertz CT molecular complexity index is 1220. The highest BCUT2D eigenvalue weighted by atomic mass is 16.6. The number of benzene rings is 2. The molecule has 9 nitrogen and oxygen atoms in total. The van der Waals surface area contributed by atoms with Crippen molar-refractivity contribution in [2.24, 2.45) is 11.8 Å². The van der Waals surface area contributed by atoms with Crippen LogP contribution in [-0.4, -0.2) is 59.1 Å². The molecule has 0 bridgehead atoms. The zero-order chi connectivity index (χ0) is 32.5. The fourth-order valence-corrected chi connectivity index (χ4v) is 4.57. The van der Waals surface area contributed by atoms with Crippen molar-refractivity contribution >= 4 is 23.8 Å². The number of hydrogen-bond acceptors (Lipinski definition) is 7. The highest BCUT2D eigenvalue weighted by Gasteiger charge is 2.29. The lowest BCUT2D eigenvalue weighted by Gasteiger charge is -2.26. The third kappa shape index (κ3) is 13.0. The first-order valence-electron chi connectivity index (χ1n) is 14.9. The lowest BCUT2D eigenvalue weighted by Crippen LogP contribution is -2.40. The molecule has 238 valence electrons. The molecule has 0 aliphatic rings. The SMILES string of the molecule is C=CC[C@H](CC(=O)N(CCO)Cc1ccccc1)C(=O)N[C@H](COC(=O)[C@@H](CC=C)CC(=O)OC(C)(C)C)c1ccccc1. The number of aliphatic hydroxyl groups is 1. The quantitative estimate of drug-likeness (QED) is 0.183. The second-order valence-corrected chi connectivity index (χ2v) is 11.6. The van der Waals surface area contributed by atoms with Crippen molar-refractivity contribution in [3.05, 3.63) is 97.1 Å². The summed E-state index contributed by atoms with van der Waals surface area (Å²) in [4.78, 5) is 53.8. The Labute approximate surface area is 260 Å². The first-order valence-corrected chi connectivity index (χ1v) is 14.9. The highest BCUT2D eigenvalue weighted by Crippen LogP contribution is 2.21. The molecule has 2 rings (SSSR count). The van der Waals surface area contributed by atoms with Crippen molar-refractivity contribution in [3.63, 3.8) is 0 Å². The Kier molecular flexibility index (Phi) is 15.1. The summed E-state index contributed by atoms with van der Waals surface area (Å²) in [5.74, 6) is -3.33. The average Bonchev–Trinajstić information content (AvgIpc) is 2.98. The van der Waals surface area contributed by atoms with Crippen LogP contribution in [0, 0.1) is 11.8 Å². The number of ether oxygens (including phenoxy) is 2. The molecule has 0 saturated heterocycles. The van der Waals surface area contributed by atoms with E-state index in [0.29, 0.717) is 12.1 Å². The molecule has 2 aromatic carbocycles. The summed E-state index contributed by atoms with van der Waals surface area (Å²) in [7, 11) is 0. The van der Waals surface area contributed by atoms with E-state index in [0.717, 1.165) is 5.56 Å². The zero-order valence-corrected chi connectivity index (χ0v) is 26.1. The molecule has 3 atom stereocenters. The molecule has 2 N–H and O–H groups in total. The van der Waals surface area contributed by atoms with Crippen LogP contribution in [0.3, 0.4) is 0 Å². The number of nitrogens with one attached hydrogen (secondary N) is 1. The van der Waals surface area contributed by atoms with Gasteiger partial charge in [-0.15, -0.1) is 13.2 Å². The van der Waals surface area contributed by atoms with Crippen LogP contribution in [0.2, 0.25) is 0 Å². The summed E-state index contributed by atoms with van der Waals surface area (Å²) in [6, 6.07) is 17.8. The van der Waals surface area contributed by atoms with Crippen LogP contribution in [0.5, 0.6) is 0 Å². The van der Waals surface area contributed by atoms with Crippen LogP contribution < -0.4 is 5.32 Å².